The van der Waals surface area contributed by atoms with Crippen LogP contribution in [0.1, 0.15) is 35.4 Å². The van der Waals surface area contributed by atoms with Crippen molar-refractivity contribution in [3.8, 4) is 5.75 Å². The first-order chi connectivity index (χ1) is 14.2. The largest absolute Gasteiger partial charge is 0.489 e. The summed E-state index contributed by atoms with van der Waals surface area (Å²) in [5.41, 5.74) is 3.32. The highest BCUT2D eigenvalue weighted by atomic mass is 16.5. The van der Waals surface area contributed by atoms with Crippen molar-refractivity contribution in [1.29, 1.82) is 0 Å². The van der Waals surface area contributed by atoms with Crippen molar-refractivity contribution in [3.05, 3.63) is 65.2 Å². The maximum atomic E-state index is 12.0. The maximum Gasteiger partial charge on any atom is 0.234 e. The summed E-state index contributed by atoms with van der Waals surface area (Å²) in [6.45, 7) is 5.05. The Kier molecular flexibility index (Phi) is 6.22. The van der Waals surface area contributed by atoms with Gasteiger partial charge in [-0.2, -0.15) is 0 Å². The monoisotopic (exact) mass is 394 g/mol. The van der Waals surface area contributed by atoms with Gasteiger partial charge in [0.15, 0.2) is 0 Å². The van der Waals surface area contributed by atoms with Gasteiger partial charge >= 0.3 is 0 Å². The van der Waals surface area contributed by atoms with Crippen molar-refractivity contribution >= 4 is 11.8 Å². The highest BCUT2D eigenvalue weighted by molar-refractivity contribution is 6.00. The molecule has 2 amide bonds. The molecule has 2 aromatic carbocycles. The molecule has 2 saturated heterocycles. The van der Waals surface area contributed by atoms with Gasteiger partial charge in [-0.15, -0.1) is 0 Å². The average Bonchev–Trinajstić information content (AvgIpc) is 2.75. The molecule has 2 aromatic rings. The van der Waals surface area contributed by atoms with Crippen LogP contribution in [0.5, 0.6) is 5.75 Å². The fourth-order valence-corrected chi connectivity index (χ4v) is 3.73. The number of imide groups is 1. The summed E-state index contributed by atoms with van der Waals surface area (Å²) in [6, 6.07) is 16.1. The number of morpholine rings is 1. The van der Waals surface area contributed by atoms with Gasteiger partial charge in [0.25, 0.3) is 0 Å². The van der Waals surface area contributed by atoms with E-state index in [1.165, 1.54) is 5.56 Å². The van der Waals surface area contributed by atoms with Crippen LogP contribution in [0.25, 0.3) is 0 Å². The number of hydrogen-bond donors (Lipinski definition) is 1. The van der Waals surface area contributed by atoms with E-state index in [4.69, 9.17) is 9.47 Å². The van der Waals surface area contributed by atoms with Gasteiger partial charge in [0.2, 0.25) is 11.8 Å². The number of carbonyl (C=O) groups excluding carboxylic acids is 2. The van der Waals surface area contributed by atoms with Crippen LogP contribution in [0.2, 0.25) is 0 Å². The molecule has 0 saturated carbocycles. The summed E-state index contributed by atoms with van der Waals surface area (Å²) in [5, 5.41) is 2.40. The molecular weight excluding hydrogens is 368 g/mol. The van der Waals surface area contributed by atoms with E-state index in [2.05, 4.69) is 34.5 Å². The molecule has 29 heavy (non-hydrogen) atoms. The molecular formula is C23H26N2O4. The first-order valence-electron chi connectivity index (χ1n) is 10.1. The zero-order valence-electron chi connectivity index (χ0n) is 16.4. The number of hydrogen-bond acceptors (Lipinski definition) is 5. The lowest BCUT2D eigenvalue weighted by molar-refractivity contribution is -0.134. The predicted octanol–water partition coefficient (Wildman–Crippen LogP) is 2.62. The molecule has 0 aromatic heterocycles. The third-order valence-corrected chi connectivity index (χ3v) is 5.46. The van der Waals surface area contributed by atoms with Gasteiger partial charge in [0.05, 0.1) is 19.1 Å². The molecule has 1 N–H and O–H groups in total. The van der Waals surface area contributed by atoms with Crippen molar-refractivity contribution in [1.82, 2.24) is 10.2 Å². The van der Waals surface area contributed by atoms with Crippen molar-refractivity contribution < 1.29 is 19.1 Å². The lowest BCUT2D eigenvalue weighted by atomic mass is 9.90. The lowest BCUT2D eigenvalue weighted by Gasteiger charge is -2.26. The molecule has 2 fully saturated rings. The van der Waals surface area contributed by atoms with E-state index in [1.54, 1.807) is 0 Å². The van der Waals surface area contributed by atoms with Crippen molar-refractivity contribution in [3.63, 3.8) is 0 Å². The van der Waals surface area contributed by atoms with Crippen LogP contribution in [0.15, 0.2) is 48.5 Å². The number of nitrogens with one attached hydrogen (secondary N) is 1. The number of rotatable bonds is 6. The molecule has 152 valence electrons. The topological polar surface area (TPSA) is 67.9 Å². The second kappa shape index (κ2) is 9.20. The summed E-state index contributed by atoms with van der Waals surface area (Å²) in [7, 11) is 0. The Morgan fingerprint density at radius 2 is 1.66 bits per heavy atom. The van der Waals surface area contributed by atoms with Crippen LogP contribution in [0.3, 0.4) is 0 Å². The second-order valence-electron chi connectivity index (χ2n) is 7.57. The molecule has 1 atom stereocenters. The summed E-state index contributed by atoms with van der Waals surface area (Å²) in [6.07, 6.45) is 0.942. The van der Waals surface area contributed by atoms with Crippen LogP contribution in [0.4, 0.5) is 0 Å². The van der Waals surface area contributed by atoms with Crippen LogP contribution in [-0.2, 0) is 27.5 Å². The van der Waals surface area contributed by atoms with Crippen LogP contribution < -0.4 is 10.1 Å². The van der Waals surface area contributed by atoms with Crippen LogP contribution >= 0.6 is 0 Å². The molecule has 6 nitrogen and oxygen atoms in total. The Balaban J connectivity index is 1.28. The van der Waals surface area contributed by atoms with Crippen molar-refractivity contribution in [2.24, 2.45) is 0 Å². The molecule has 0 aliphatic carbocycles. The summed E-state index contributed by atoms with van der Waals surface area (Å²) in [5.74, 6) is 0.0912. The van der Waals surface area contributed by atoms with Crippen molar-refractivity contribution in [2.45, 2.75) is 31.9 Å². The summed E-state index contributed by atoms with van der Waals surface area (Å²) >= 11 is 0. The molecule has 4 rings (SSSR count). The van der Waals surface area contributed by atoms with Gasteiger partial charge in [0, 0.05) is 26.1 Å². The SMILES string of the molecule is O=C1CCC(c2ccc(OCc3ccc(CN4CCOCC4)cc3)cc2)C(=O)N1. The Bertz CT molecular complexity index is 842. The second-order valence-corrected chi connectivity index (χ2v) is 7.57. The number of carbonyl (C=O) groups is 2. The molecule has 1 unspecified atom stereocenters. The third-order valence-electron chi connectivity index (χ3n) is 5.46. The number of ether oxygens (including phenoxy) is 2. The Morgan fingerprint density at radius 1 is 0.966 bits per heavy atom. The van der Waals surface area contributed by atoms with Gasteiger partial charge in [-0.3, -0.25) is 19.8 Å². The van der Waals surface area contributed by atoms with E-state index in [1.807, 2.05) is 24.3 Å². The molecule has 0 radical (unpaired) electrons. The predicted molar refractivity (Wildman–Crippen MR) is 108 cm³/mol. The number of amides is 2. The van der Waals surface area contributed by atoms with Gasteiger partial charge in [0.1, 0.15) is 12.4 Å². The number of nitrogens with zero attached hydrogens (tertiary/aromatic N) is 1. The van der Waals surface area contributed by atoms with Gasteiger partial charge in [-0.1, -0.05) is 36.4 Å². The number of piperidine rings is 1. The van der Waals surface area contributed by atoms with E-state index in [9.17, 15) is 9.59 Å². The minimum atomic E-state index is -0.263. The third kappa shape index (κ3) is 5.22. The minimum Gasteiger partial charge on any atom is -0.489 e. The van der Waals surface area contributed by atoms with Gasteiger partial charge < -0.3 is 9.47 Å². The highest BCUT2D eigenvalue weighted by Crippen LogP contribution is 2.26. The van der Waals surface area contributed by atoms with Crippen LogP contribution in [-0.4, -0.2) is 43.0 Å². The molecule has 0 spiro atoms. The van der Waals surface area contributed by atoms with Crippen LogP contribution in [0, 0.1) is 0 Å². The highest BCUT2D eigenvalue weighted by Gasteiger charge is 2.27. The van der Waals surface area contributed by atoms with Gasteiger partial charge in [-0.05, 0) is 35.2 Å². The fourth-order valence-electron chi connectivity index (χ4n) is 3.73. The first kappa shape index (κ1) is 19.6. The van der Waals surface area contributed by atoms with Crippen molar-refractivity contribution in [2.75, 3.05) is 26.3 Å². The molecule has 6 heteroatoms. The maximum absolute atomic E-state index is 12.0. The minimum absolute atomic E-state index is 0.192. The molecule has 0 bridgehead atoms. The standard InChI is InChI=1S/C23H26N2O4/c26-22-10-9-21(23(27)24-22)19-5-7-20(8-6-19)29-16-18-3-1-17(2-4-18)15-25-11-13-28-14-12-25/h1-8,21H,9-16H2,(H,24,26,27). The Hall–Kier alpha value is -2.70. The molecule has 2 aliphatic rings. The summed E-state index contributed by atoms with van der Waals surface area (Å²) < 4.78 is 11.3. The Labute approximate surface area is 170 Å². The lowest BCUT2D eigenvalue weighted by Crippen LogP contribution is -2.39. The normalized spacial score (nSPS) is 20.3. The first-order valence-corrected chi connectivity index (χ1v) is 10.1. The van der Waals surface area contributed by atoms with E-state index >= 15 is 0 Å². The molecule has 2 aliphatic heterocycles. The Morgan fingerprint density at radius 3 is 2.34 bits per heavy atom. The zero-order chi connectivity index (χ0) is 20.1. The van der Waals surface area contributed by atoms with E-state index in [-0.39, 0.29) is 17.7 Å². The molecule has 2 heterocycles. The zero-order valence-corrected chi connectivity index (χ0v) is 16.4. The average molecular weight is 394 g/mol. The van der Waals surface area contributed by atoms with E-state index in [0.29, 0.717) is 19.4 Å². The summed E-state index contributed by atoms with van der Waals surface area (Å²) in [4.78, 5) is 25.7. The smallest absolute Gasteiger partial charge is 0.234 e. The van der Waals surface area contributed by atoms with Gasteiger partial charge in [-0.25, -0.2) is 0 Å². The quantitative estimate of drug-likeness (QED) is 0.763. The van der Waals surface area contributed by atoms with E-state index < -0.39 is 0 Å². The van der Waals surface area contributed by atoms with E-state index in [0.717, 1.165) is 49.7 Å². The fraction of sp³-hybridized carbons (Fsp3) is 0.391. The number of benzene rings is 2.